The van der Waals surface area contributed by atoms with Gasteiger partial charge in [0, 0.05) is 34.0 Å². The van der Waals surface area contributed by atoms with Crippen molar-refractivity contribution in [2.75, 3.05) is 6.54 Å². The molecule has 0 aliphatic carbocycles. The van der Waals surface area contributed by atoms with Crippen molar-refractivity contribution in [2.24, 2.45) is 0 Å². The van der Waals surface area contributed by atoms with Crippen LogP contribution in [-0.4, -0.2) is 11.5 Å². The van der Waals surface area contributed by atoms with E-state index in [0.29, 0.717) is 12.1 Å². The highest BCUT2D eigenvalue weighted by Crippen LogP contribution is 2.32. The minimum atomic E-state index is -0.437. The van der Waals surface area contributed by atoms with Crippen LogP contribution in [0.5, 0.6) is 0 Å². The van der Waals surface area contributed by atoms with Crippen molar-refractivity contribution in [1.29, 1.82) is 0 Å². The van der Waals surface area contributed by atoms with E-state index in [1.54, 1.807) is 18.2 Å². The summed E-state index contributed by atoms with van der Waals surface area (Å²) in [6.07, 6.45) is 0. The zero-order valence-electron chi connectivity index (χ0n) is 11.5. The first-order valence-electron chi connectivity index (χ1n) is 6.52. The van der Waals surface area contributed by atoms with Gasteiger partial charge in [-0.15, -0.1) is 0 Å². The Balaban J connectivity index is 2.22. The van der Waals surface area contributed by atoms with Crippen molar-refractivity contribution in [3.05, 3.63) is 64.0 Å². The molecule has 0 saturated heterocycles. The molecule has 21 heavy (non-hydrogen) atoms. The number of nitro groups is 1. The lowest BCUT2D eigenvalue weighted by Gasteiger charge is -2.10. The standard InChI is InChI=1S/C15H15FN2O2S/c1-2-17-10-13-14(16)4-3-5-15(13)21-12-8-6-11(7-9-12)18(19)20/h3-9,17H,2,10H2,1H3. The van der Waals surface area contributed by atoms with Gasteiger partial charge in [0.25, 0.3) is 5.69 Å². The van der Waals surface area contributed by atoms with Crippen LogP contribution in [0.4, 0.5) is 10.1 Å². The molecule has 110 valence electrons. The predicted octanol–water partition coefficient (Wildman–Crippen LogP) is 3.99. The van der Waals surface area contributed by atoms with Crippen molar-refractivity contribution in [3.8, 4) is 0 Å². The molecule has 0 spiro atoms. The molecule has 0 heterocycles. The molecule has 0 amide bonds. The highest BCUT2D eigenvalue weighted by atomic mass is 32.2. The molecule has 0 aromatic heterocycles. The number of hydrogen-bond acceptors (Lipinski definition) is 4. The van der Waals surface area contributed by atoms with Crippen molar-refractivity contribution in [2.45, 2.75) is 23.3 Å². The van der Waals surface area contributed by atoms with Gasteiger partial charge in [-0.05, 0) is 30.8 Å². The molecular formula is C15H15FN2O2S. The van der Waals surface area contributed by atoms with Crippen LogP contribution in [0.1, 0.15) is 12.5 Å². The first-order valence-corrected chi connectivity index (χ1v) is 7.34. The second kappa shape index (κ2) is 7.19. The molecule has 1 N–H and O–H groups in total. The number of benzene rings is 2. The highest BCUT2D eigenvalue weighted by molar-refractivity contribution is 7.99. The third-order valence-electron chi connectivity index (χ3n) is 2.90. The Morgan fingerprint density at radius 3 is 2.57 bits per heavy atom. The number of halogens is 1. The maximum absolute atomic E-state index is 13.9. The van der Waals surface area contributed by atoms with E-state index >= 15 is 0 Å². The minimum Gasteiger partial charge on any atom is -0.313 e. The van der Waals surface area contributed by atoms with Gasteiger partial charge in [0.15, 0.2) is 0 Å². The molecule has 2 aromatic carbocycles. The largest absolute Gasteiger partial charge is 0.313 e. The van der Waals surface area contributed by atoms with E-state index in [4.69, 9.17) is 0 Å². The van der Waals surface area contributed by atoms with Gasteiger partial charge < -0.3 is 5.32 Å². The van der Waals surface area contributed by atoms with Gasteiger partial charge in [0.2, 0.25) is 0 Å². The van der Waals surface area contributed by atoms with Crippen LogP contribution in [-0.2, 0) is 6.54 Å². The number of non-ortho nitro benzene ring substituents is 1. The normalized spacial score (nSPS) is 10.6. The second-order valence-electron chi connectivity index (χ2n) is 4.35. The fourth-order valence-corrected chi connectivity index (χ4v) is 2.78. The van der Waals surface area contributed by atoms with Crippen molar-refractivity contribution in [1.82, 2.24) is 5.32 Å². The first kappa shape index (κ1) is 15.5. The van der Waals surface area contributed by atoms with Crippen LogP contribution < -0.4 is 5.32 Å². The highest BCUT2D eigenvalue weighted by Gasteiger charge is 2.10. The van der Waals surface area contributed by atoms with E-state index < -0.39 is 4.92 Å². The topological polar surface area (TPSA) is 55.2 Å². The summed E-state index contributed by atoms with van der Waals surface area (Å²) in [6.45, 7) is 3.18. The van der Waals surface area contributed by atoms with Crippen molar-refractivity contribution < 1.29 is 9.31 Å². The number of nitrogens with one attached hydrogen (secondary N) is 1. The second-order valence-corrected chi connectivity index (χ2v) is 5.47. The van der Waals surface area contributed by atoms with E-state index in [1.807, 2.05) is 13.0 Å². The van der Waals surface area contributed by atoms with E-state index in [1.165, 1.54) is 30.0 Å². The molecule has 2 aromatic rings. The van der Waals surface area contributed by atoms with Gasteiger partial charge in [0.05, 0.1) is 4.92 Å². The molecule has 0 radical (unpaired) electrons. The van der Waals surface area contributed by atoms with Gasteiger partial charge in [0.1, 0.15) is 5.82 Å². The lowest BCUT2D eigenvalue weighted by Crippen LogP contribution is -2.13. The summed E-state index contributed by atoms with van der Waals surface area (Å²) < 4.78 is 13.9. The van der Waals surface area contributed by atoms with Crippen LogP contribution >= 0.6 is 11.8 Å². The SMILES string of the molecule is CCNCc1c(F)cccc1Sc1ccc([N+](=O)[O-])cc1. The Kier molecular flexibility index (Phi) is 5.30. The van der Waals surface area contributed by atoms with Gasteiger partial charge in [-0.2, -0.15) is 0 Å². The lowest BCUT2D eigenvalue weighted by atomic mass is 10.2. The Morgan fingerprint density at radius 2 is 1.95 bits per heavy atom. The summed E-state index contributed by atoms with van der Waals surface area (Å²) in [7, 11) is 0. The quantitative estimate of drug-likeness (QED) is 0.647. The van der Waals surface area contributed by atoms with Gasteiger partial charge in [-0.1, -0.05) is 24.8 Å². The summed E-state index contributed by atoms with van der Waals surface area (Å²) in [4.78, 5) is 11.8. The fourth-order valence-electron chi connectivity index (χ4n) is 1.82. The summed E-state index contributed by atoms with van der Waals surface area (Å²) >= 11 is 1.40. The van der Waals surface area contributed by atoms with E-state index in [0.717, 1.165) is 16.3 Å². The van der Waals surface area contributed by atoms with Crippen LogP contribution in [0.25, 0.3) is 0 Å². The van der Waals surface area contributed by atoms with Gasteiger partial charge in [-0.25, -0.2) is 4.39 Å². The predicted molar refractivity (Wildman–Crippen MR) is 81.0 cm³/mol. The molecule has 0 bridgehead atoms. The zero-order chi connectivity index (χ0) is 15.2. The number of nitro benzene ring substituents is 1. The number of nitrogens with zero attached hydrogens (tertiary/aromatic N) is 1. The molecule has 6 heteroatoms. The average molecular weight is 306 g/mol. The maximum Gasteiger partial charge on any atom is 0.269 e. The Hall–Kier alpha value is -1.92. The first-order chi connectivity index (χ1) is 10.1. The maximum atomic E-state index is 13.9. The molecule has 0 saturated carbocycles. The van der Waals surface area contributed by atoms with Crippen LogP contribution in [0.2, 0.25) is 0 Å². The molecular weight excluding hydrogens is 291 g/mol. The van der Waals surface area contributed by atoms with Crippen molar-refractivity contribution >= 4 is 17.4 Å². The molecule has 0 aliphatic rings. The Bertz CT molecular complexity index is 632. The fraction of sp³-hybridized carbons (Fsp3) is 0.200. The summed E-state index contributed by atoms with van der Waals surface area (Å²) in [6, 6.07) is 11.2. The van der Waals surface area contributed by atoms with Crippen molar-refractivity contribution in [3.63, 3.8) is 0 Å². The van der Waals surface area contributed by atoms with Gasteiger partial charge >= 0.3 is 0 Å². The van der Waals surface area contributed by atoms with E-state index in [9.17, 15) is 14.5 Å². The Labute approximate surface area is 126 Å². The average Bonchev–Trinajstić information content (AvgIpc) is 2.47. The molecule has 0 fully saturated rings. The Morgan fingerprint density at radius 1 is 1.24 bits per heavy atom. The third kappa shape index (κ3) is 4.03. The van der Waals surface area contributed by atoms with Crippen LogP contribution in [0, 0.1) is 15.9 Å². The van der Waals surface area contributed by atoms with E-state index in [2.05, 4.69) is 5.32 Å². The van der Waals surface area contributed by atoms with E-state index in [-0.39, 0.29) is 11.5 Å². The monoisotopic (exact) mass is 306 g/mol. The molecule has 0 unspecified atom stereocenters. The molecule has 2 rings (SSSR count). The summed E-state index contributed by atoms with van der Waals surface area (Å²) in [5, 5.41) is 13.7. The number of rotatable bonds is 6. The minimum absolute atomic E-state index is 0.0477. The smallest absolute Gasteiger partial charge is 0.269 e. The third-order valence-corrected chi connectivity index (χ3v) is 4.01. The van der Waals surface area contributed by atoms with Crippen LogP contribution in [0.3, 0.4) is 0 Å². The molecule has 0 aliphatic heterocycles. The van der Waals surface area contributed by atoms with Crippen LogP contribution in [0.15, 0.2) is 52.3 Å². The zero-order valence-corrected chi connectivity index (χ0v) is 12.3. The molecule has 0 atom stereocenters. The molecule has 4 nitrogen and oxygen atoms in total. The number of hydrogen-bond donors (Lipinski definition) is 1. The summed E-state index contributed by atoms with van der Waals surface area (Å²) in [5.41, 5.74) is 0.661. The lowest BCUT2D eigenvalue weighted by molar-refractivity contribution is -0.384. The summed E-state index contributed by atoms with van der Waals surface area (Å²) in [5.74, 6) is -0.247. The van der Waals surface area contributed by atoms with Gasteiger partial charge in [-0.3, -0.25) is 10.1 Å².